The number of primary amides is 1. The molecule has 2 atom stereocenters. The molecule has 0 spiro atoms. The number of nitrogens with one attached hydrogen (secondary N) is 1. The third kappa shape index (κ3) is 4.59. The number of nitrogens with two attached hydrogens (primary N) is 2. The summed E-state index contributed by atoms with van der Waals surface area (Å²) in [7, 11) is 0. The number of anilines is 1. The highest BCUT2D eigenvalue weighted by atomic mass is 16.2. The molecule has 0 saturated carbocycles. The molecule has 1 aliphatic carbocycles. The first-order valence-electron chi connectivity index (χ1n) is 12.4. The molecule has 0 unspecified atom stereocenters. The number of carbonyl (C=O) groups excluding carboxylic acids is 3. The standard InChI is InChI=1S/C27H37N5O3/c1-15-14-31(24(34)13-28)9-8-21-16(2)25-22(11-27(4,5)12-23(25)33)32(21)18-6-7-19(26(29)35)20(10-18)30-17(15)3/h6-7,10,15,17,30H,8-9,11-14,28H2,1-5H3,(H2,29,35)/t15-,17+/m1/s1. The van der Waals surface area contributed by atoms with E-state index in [1.807, 2.05) is 30.9 Å². The maximum Gasteiger partial charge on any atom is 0.250 e. The Morgan fingerprint density at radius 1 is 1.17 bits per heavy atom. The monoisotopic (exact) mass is 479 g/mol. The van der Waals surface area contributed by atoms with Gasteiger partial charge in [0.15, 0.2) is 5.78 Å². The van der Waals surface area contributed by atoms with Gasteiger partial charge in [-0.25, -0.2) is 0 Å². The van der Waals surface area contributed by atoms with E-state index in [4.69, 9.17) is 11.5 Å². The molecule has 2 heterocycles. The van der Waals surface area contributed by atoms with Crippen LogP contribution in [-0.4, -0.2) is 52.7 Å². The molecule has 8 heteroatoms. The number of benzene rings is 1. The number of Topliss-reactive ketones (excluding diaryl/α,β-unsaturated/α-hetero) is 1. The van der Waals surface area contributed by atoms with Crippen molar-refractivity contribution in [1.29, 1.82) is 0 Å². The van der Waals surface area contributed by atoms with Crippen LogP contribution < -0.4 is 16.8 Å². The third-order valence-corrected chi connectivity index (χ3v) is 7.62. The largest absolute Gasteiger partial charge is 0.382 e. The minimum Gasteiger partial charge on any atom is -0.382 e. The van der Waals surface area contributed by atoms with E-state index in [1.54, 1.807) is 6.07 Å². The van der Waals surface area contributed by atoms with Crippen molar-refractivity contribution in [2.45, 2.75) is 59.9 Å². The molecule has 4 rings (SSSR count). The molecular weight excluding hydrogens is 442 g/mol. The number of nitrogens with zero attached hydrogens (tertiary/aromatic N) is 2. The van der Waals surface area contributed by atoms with Crippen LogP contribution in [-0.2, 0) is 17.6 Å². The quantitative estimate of drug-likeness (QED) is 0.611. The van der Waals surface area contributed by atoms with E-state index in [2.05, 4.69) is 30.7 Å². The molecule has 188 valence electrons. The van der Waals surface area contributed by atoms with E-state index in [1.165, 1.54) is 0 Å². The van der Waals surface area contributed by atoms with Gasteiger partial charge >= 0.3 is 0 Å². The molecule has 2 aliphatic rings. The highest BCUT2D eigenvalue weighted by molar-refractivity contribution is 6.01. The fourth-order valence-corrected chi connectivity index (χ4v) is 5.58. The molecule has 0 saturated heterocycles. The van der Waals surface area contributed by atoms with Gasteiger partial charge in [0.2, 0.25) is 5.91 Å². The Hall–Kier alpha value is -3.13. The number of amides is 2. The molecule has 0 radical (unpaired) electrons. The van der Waals surface area contributed by atoms with Crippen LogP contribution in [0.5, 0.6) is 0 Å². The topological polar surface area (TPSA) is 123 Å². The van der Waals surface area contributed by atoms with Crippen molar-refractivity contribution in [1.82, 2.24) is 9.47 Å². The summed E-state index contributed by atoms with van der Waals surface area (Å²) in [5.74, 6) is -0.358. The van der Waals surface area contributed by atoms with Crippen molar-refractivity contribution in [2.75, 3.05) is 25.0 Å². The summed E-state index contributed by atoms with van der Waals surface area (Å²) in [6.45, 7) is 11.3. The smallest absolute Gasteiger partial charge is 0.250 e. The molecule has 2 bridgehead atoms. The lowest BCUT2D eigenvalue weighted by molar-refractivity contribution is -0.130. The van der Waals surface area contributed by atoms with Crippen LogP contribution in [0.25, 0.3) is 5.69 Å². The molecule has 5 N–H and O–H groups in total. The maximum absolute atomic E-state index is 13.3. The summed E-state index contributed by atoms with van der Waals surface area (Å²) < 4.78 is 2.17. The van der Waals surface area contributed by atoms with Gasteiger partial charge in [-0.1, -0.05) is 20.8 Å². The maximum atomic E-state index is 13.3. The van der Waals surface area contributed by atoms with Gasteiger partial charge in [-0.15, -0.1) is 0 Å². The minimum atomic E-state index is -0.506. The van der Waals surface area contributed by atoms with Gasteiger partial charge in [0.1, 0.15) is 0 Å². The number of hydrogen-bond acceptors (Lipinski definition) is 5. The SMILES string of the molecule is Cc1c2c(n3c1CCN(C(=O)CN)C[C@@H](C)[C@H](C)Nc1cc-3ccc1C(N)=O)CC(C)(C)CC2=O. The predicted molar refractivity (Wildman–Crippen MR) is 137 cm³/mol. The molecule has 1 aliphatic heterocycles. The van der Waals surface area contributed by atoms with Gasteiger partial charge in [0, 0.05) is 60.3 Å². The molecule has 2 amide bonds. The van der Waals surface area contributed by atoms with E-state index >= 15 is 0 Å². The zero-order valence-corrected chi connectivity index (χ0v) is 21.4. The van der Waals surface area contributed by atoms with E-state index in [0.717, 1.165) is 34.6 Å². The van der Waals surface area contributed by atoms with Gasteiger partial charge in [-0.3, -0.25) is 14.4 Å². The van der Waals surface area contributed by atoms with E-state index in [-0.39, 0.29) is 35.6 Å². The fourth-order valence-electron chi connectivity index (χ4n) is 5.58. The van der Waals surface area contributed by atoms with Gasteiger partial charge in [-0.05, 0) is 55.4 Å². The second-order valence-electron chi connectivity index (χ2n) is 11.0. The van der Waals surface area contributed by atoms with Gasteiger partial charge in [0.05, 0.1) is 12.1 Å². The van der Waals surface area contributed by atoms with Gasteiger partial charge in [-0.2, -0.15) is 0 Å². The molecule has 2 aromatic rings. The van der Waals surface area contributed by atoms with Crippen molar-refractivity contribution in [3.63, 3.8) is 0 Å². The number of hydrogen-bond donors (Lipinski definition) is 3. The number of carbonyl (C=O) groups is 3. The third-order valence-electron chi connectivity index (χ3n) is 7.62. The number of ketones is 1. The molecule has 0 fully saturated rings. The van der Waals surface area contributed by atoms with Crippen LogP contribution in [0.1, 0.15) is 71.8 Å². The fraction of sp³-hybridized carbons (Fsp3) is 0.519. The number of rotatable bonds is 2. The normalized spacial score (nSPS) is 21.8. The van der Waals surface area contributed by atoms with E-state index in [9.17, 15) is 14.4 Å². The highest BCUT2D eigenvalue weighted by Gasteiger charge is 2.37. The average molecular weight is 480 g/mol. The summed E-state index contributed by atoms with van der Waals surface area (Å²) >= 11 is 0. The molecule has 35 heavy (non-hydrogen) atoms. The van der Waals surface area contributed by atoms with E-state index < -0.39 is 5.91 Å². The lowest BCUT2D eigenvalue weighted by Crippen LogP contribution is -2.43. The second-order valence-corrected chi connectivity index (χ2v) is 11.0. The lowest BCUT2D eigenvalue weighted by Gasteiger charge is -2.32. The van der Waals surface area contributed by atoms with Crippen LogP contribution >= 0.6 is 0 Å². The van der Waals surface area contributed by atoms with Crippen molar-refractivity contribution >= 4 is 23.3 Å². The molecular formula is C27H37N5O3. The number of aromatic nitrogens is 1. The summed E-state index contributed by atoms with van der Waals surface area (Å²) in [5, 5.41) is 3.47. The Balaban J connectivity index is 1.97. The van der Waals surface area contributed by atoms with Crippen LogP contribution in [0, 0.1) is 18.3 Å². The molecule has 1 aromatic heterocycles. The zero-order chi connectivity index (χ0) is 25.7. The summed E-state index contributed by atoms with van der Waals surface area (Å²) in [6, 6.07) is 5.58. The highest BCUT2D eigenvalue weighted by Crippen LogP contribution is 2.40. The average Bonchev–Trinajstić information content (AvgIpc) is 3.05. The minimum absolute atomic E-state index is 0.0313. The first-order valence-corrected chi connectivity index (χ1v) is 12.4. The first-order chi connectivity index (χ1) is 16.4. The summed E-state index contributed by atoms with van der Waals surface area (Å²) in [5.41, 5.74) is 17.0. The van der Waals surface area contributed by atoms with Crippen LogP contribution in [0.15, 0.2) is 18.2 Å². The molecule has 8 nitrogen and oxygen atoms in total. The van der Waals surface area contributed by atoms with Gasteiger partial charge in [0.25, 0.3) is 5.91 Å². The van der Waals surface area contributed by atoms with Crippen molar-refractivity contribution in [3.05, 3.63) is 46.3 Å². The Kier molecular flexibility index (Phi) is 6.53. The summed E-state index contributed by atoms with van der Waals surface area (Å²) in [4.78, 5) is 40.0. The van der Waals surface area contributed by atoms with Crippen LogP contribution in [0.3, 0.4) is 0 Å². The van der Waals surface area contributed by atoms with Crippen molar-refractivity contribution in [2.24, 2.45) is 22.8 Å². The van der Waals surface area contributed by atoms with Crippen molar-refractivity contribution in [3.8, 4) is 5.69 Å². The zero-order valence-electron chi connectivity index (χ0n) is 21.4. The predicted octanol–water partition coefficient (Wildman–Crippen LogP) is 2.82. The summed E-state index contributed by atoms with van der Waals surface area (Å²) in [6.07, 6.45) is 1.86. The Labute approximate surface area is 207 Å². The Morgan fingerprint density at radius 2 is 1.89 bits per heavy atom. The first kappa shape index (κ1) is 25.0. The van der Waals surface area contributed by atoms with Crippen LogP contribution in [0.4, 0.5) is 5.69 Å². The van der Waals surface area contributed by atoms with Crippen molar-refractivity contribution < 1.29 is 14.4 Å². The lowest BCUT2D eigenvalue weighted by atomic mass is 9.75. The molecule has 1 aromatic carbocycles. The van der Waals surface area contributed by atoms with Crippen LogP contribution in [0.2, 0.25) is 0 Å². The number of fused-ring (bicyclic) bond motifs is 6. The van der Waals surface area contributed by atoms with Gasteiger partial charge < -0.3 is 26.3 Å². The second kappa shape index (κ2) is 9.15. The van der Waals surface area contributed by atoms with E-state index in [0.29, 0.717) is 37.2 Å². The Morgan fingerprint density at radius 3 is 2.54 bits per heavy atom. The Bertz CT molecular complexity index is 1200.